The van der Waals surface area contributed by atoms with Crippen LogP contribution in [-0.4, -0.2) is 41.0 Å². The molecule has 0 amide bonds. The second-order valence-corrected chi connectivity index (χ2v) is 5.19. The van der Waals surface area contributed by atoms with Gasteiger partial charge in [-0.1, -0.05) is 0 Å². The van der Waals surface area contributed by atoms with Gasteiger partial charge in [-0.05, 0) is 22.9 Å². The predicted molar refractivity (Wildman–Crippen MR) is 69.6 cm³/mol. The highest BCUT2D eigenvalue weighted by Gasteiger charge is 2.43. The Labute approximate surface area is 115 Å². The van der Waals surface area contributed by atoms with Crippen LogP contribution in [-0.2, 0) is 16.5 Å². The molecule has 0 aromatic carbocycles. The monoisotopic (exact) mass is 316 g/mol. The summed E-state index contributed by atoms with van der Waals surface area (Å²) in [6.45, 7) is 3.53. The van der Waals surface area contributed by atoms with Crippen molar-refractivity contribution in [2.24, 2.45) is 7.05 Å². The number of carbonyl (C=O) groups excluding carboxylic acids is 1. The average molecular weight is 317 g/mol. The minimum absolute atomic E-state index is 0.0143. The van der Waals surface area contributed by atoms with Gasteiger partial charge in [-0.15, -0.1) is 0 Å². The molecule has 0 atom stereocenters. The van der Waals surface area contributed by atoms with Crippen LogP contribution in [0.2, 0.25) is 0 Å². The van der Waals surface area contributed by atoms with Crippen LogP contribution in [0.4, 0.5) is 0 Å². The molecule has 0 saturated carbocycles. The first-order chi connectivity index (χ1) is 8.60. The predicted octanol–water partition coefficient (Wildman–Crippen LogP) is 1.95. The lowest BCUT2D eigenvalue weighted by molar-refractivity contribution is -0.0826. The normalized spacial score (nSPS) is 18.8. The maximum atomic E-state index is 12.7. The Morgan fingerprint density at radius 3 is 2.78 bits per heavy atom. The summed E-state index contributed by atoms with van der Waals surface area (Å²) in [6, 6.07) is 0. The van der Waals surface area contributed by atoms with Crippen LogP contribution in [0.15, 0.2) is 10.7 Å². The molecule has 100 valence electrons. The van der Waals surface area contributed by atoms with Crippen LogP contribution >= 0.6 is 15.9 Å². The molecular weight excluding hydrogens is 300 g/mol. The van der Waals surface area contributed by atoms with Crippen LogP contribution in [0, 0.1) is 0 Å². The average Bonchev–Trinajstić information content (AvgIpc) is 2.70. The van der Waals surface area contributed by atoms with E-state index >= 15 is 0 Å². The van der Waals surface area contributed by atoms with Crippen molar-refractivity contribution in [3.05, 3.63) is 16.4 Å². The molecule has 0 aliphatic carbocycles. The molecule has 18 heavy (non-hydrogen) atoms. The largest absolute Gasteiger partial charge is 0.381 e. The maximum Gasteiger partial charge on any atom is 0.213 e. The zero-order chi connectivity index (χ0) is 13.2. The molecule has 2 heterocycles. The standard InChI is InChI=1S/C12H17BrN2O3/c1-3-18-12(4-6-17-7-5-12)11(16)10-9(13)8-14-15(10)2/h8H,3-7H2,1-2H3. The number of aryl methyl sites for hydroxylation is 1. The van der Waals surface area contributed by atoms with Crippen molar-refractivity contribution in [2.75, 3.05) is 19.8 Å². The van der Waals surface area contributed by atoms with Gasteiger partial charge in [-0.25, -0.2) is 0 Å². The molecule has 0 unspecified atom stereocenters. The fourth-order valence-electron chi connectivity index (χ4n) is 2.30. The van der Waals surface area contributed by atoms with E-state index in [9.17, 15) is 4.79 Å². The first kappa shape index (κ1) is 13.7. The van der Waals surface area contributed by atoms with E-state index in [0.29, 0.717) is 42.8 Å². The van der Waals surface area contributed by atoms with E-state index in [1.54, 1.807) is 17.9 Å². The van der Waals surface area contributed by atoms with E-state index < -0.39 is 5.60 Å². The quantitative estimate of drug-likeness (QED) is 0.797. The summed E-state index contributed by atoms with van der Waals surface area (Å²) in [7, 11) is 1.76. The van der Waals surface area contributed by atoms with Crippen LogP contribution in [0.25, 0.3) is 0 Å². The number of hydrogen-bond donors (Lipinski definition) is 0. The van der Waals surface area contributed by atoms with E-state index in [0.717, 1.165) is 0 Å². The Hall–Kier alpha value is -0.720. The highest BCUT2D eigenvalue weighted by Crippen LogP contribution is 2.31. The van der Waals surface area contributed by atoms with Crippen LogP contribution < -0.4 is 0 Å². The minimum atomic E-state index is -0.761. The van der Waals surface area contributed by atoms with Gasteiger partial charge in [0.05, 0.1) is 10.7 Å². The number of rotatable bonds is 4. The molecule has 1 aliphatic rings. The first-order valence-corrected chi connectivity index (χ1v) is 6.84. The fourth-order valence-corrected chi connectivity index (χ4v) is 2.82. The number of aromatic nitrogens is 2. The van der Waals surface area contributed by atoms with Gasteiger partial charge < -0.3 is 9.47 Å². The minimum Gasteiger partial charge on any atom is -0.381 e. The van der Waals surface area contributed by atoms with Crippen molar-refractivity contribution in [3.8, 4) is 0 Å². The Bertz CT molecular complexity index is 414. The van der Waals surface area contributed by atoms with Crippen LogP contribution in [0.3, 0.4) is 0 Å². The molecule has 0 radical (unpaired) electrons. The van der Waals surface area contributed by atoms with Gasteiger partial charge in [0.25, 0.3) is 0 Å². The molecule has 1 saturated heterocycles. The molecule has 6 heteroatoms. The Morgan fingerprint density at radius 1 is 1.61 bits per heavy atom. The highest BCUT2D eigenvalue weighted by atomic mass is 79.9. The van der Waals surface area contributed by atoms with Gasteiger partial charge in [-0.2, -0.15) is 5.10 Å². The van der Waals surface area contributed by atoms with Crippen molar-refractivity contribution in [3.63, 3.8) is 0 Å². The summed E-state index contributed by atoms with van der Waals surface area (Å²) >= 11 is 3.37. The summed E-state index contributed by atoms with van der Waals surface area (Å²) in [5, 5.41) is 4.09. The number of ether oxygens (including phenoxy) is 2. The molecule has 1 aliphatic heterocycles. The number of ketones is 1. The summed E-state index contributed by atoms with van der Waals surface area (Å²) in [5.41, 5.74) is -0.200. The molecule has 0 bridgehead atoms. The second kappa shape index (κ2) is 5.50. The number of Topliss-reactive ketones (excluding diaryl/α,β-unsaturated/α-hetero) is 1. The van der Waals surface area contributed by atoms with E-state index in [1.807, 2.05) is 6.92 Å². The molecule has 1 aromatic heterocycles. The zero-order valence-electron chi connectivity index (χ0n) is 10.6. The van der Waals surface area contributed by atoms with Crippen LogP contribution in [0.5, 0.6) is 0 Å². The Kier molecular flexibility index (Phi) is 4.19. The number of carbonyl (C=O) groups is 1. The molecular formula is C12H17BrN2O3. The van der Waals surface area contributed by atoms with Crippen molar-refractivity contribution in [2.45, 2.75) is 25.4 Å². The van der Waals surface area contributed by atoms with Gasteiger partial charge in [0.1, 0.15) is 11.3 Å². The second-order valence-electron chi connectivity index (χ2n) is 4.33. The van der Waals surface area contributed by atoms with Crippen molar-refractivity contribution in [1.29, 1.82) is 0 Å². The van der Waals surface area contributed by atoms with E-state index in [4.69, 9.17) is 9.47 Å². The van der Waals surface area contributed by atoms with E-state index in [1.165, 1.54) is 0 Å². The Balaban J connectivity index is 2.34. The number of hydrogen-bond acceptors (Lipinski definition) is 4. The smallest absolute Gasteiger partial charge is 0.213 e. The van der Waals surface area contributed by atoms with E-state index in [-0.39, 0.29) is 5.78 Å². The summed E-state index contributed by atoms with van der Waals surface area (Å²) < 4.78 is 13.4. The summed E-state index contributed by atoms with van der Waals surface area (Å²) in [6.07, 6.45) is 2.82. The highest BCUT2D eigenvalue weighted by molar-refractivity contribution is 9.10. The molecule has 5 nitrogen and oxygen atoms in total. The number of halogens is 1. The molecule has 1 fully saturated rings. The molecule has 2 rings (SSSR count). The van der Waals surface area contributed by atoms with Gasteiger partial charge in [0, 0.05) is 39.7 Å². The lowest BCUT2D eigenvalue weighted by atomic mass is 9.87. The van der Waals surface area contributed by atoms with Crippen molar-refractivity contribution >= 4 is 21.7 Å². The van der Waals surface area contributed by atoms with Gasteiger partial charge in [0.2, 0.25) is 5.78 Å². The summed E-state index contributed by atoms with van der Waals surface area (Å²) in [5.74, 6) is -0.0143. The first-order valence-electron chi connectivity index (χ1n) is 6.05. The third-order valence-electron chi connectivity index (χ3n) is 3.24. The number of nitrogens with zero attached hydrogens (tertiary/aromatic N) is 2. The maximum absolute atomic E-state index is 12.7. The van der Waals surface area contributed by atoms with Gasteiger partial charge >= 0.3 is 0 Å². The summed E-state index contributed by atoms with van der Waals surface area (Å²) in [4.78, 5) is 12.7. The van der Waals surface area contributed by atoms with Gasteiger partial charge in [-0.3, -0.25) is 9.48 Å². The molecule has 1 aromatic rings. The van der Waals surface area contributed by atoms with Gasteiger partial charge in [0.15, 0.2) is 0 Å². The fraction of sp³-hybridized carbons (Fsp3) is 0.667. The lowest BCUT2D eigenvalue weighted by Crippen LogP contribution is -2.47. The molecule has 0 N–H and O–H groups in total. The lowest BCUT2D eigenvalue weighted by Gasteiger charge is -2.35. The van der Waals surface area contributed by atoms with Crippen molar-refractivity contribution < 1.29 is 14.3 Å². The van der Waals surface area contributed by atoms with E-state index in [2.05, 4.69) is 21.0 Å². The Morgan fingerprint density at radius 2 is 2.28 bits per heavy atom. The van der Waals surface area contributed by atoms with Crippen molar-refractivity contribution in [1.82, 2.24) is 9.78 Å². The molecule has 0 spiro atoms. The zero-order valence-corrected chi connectivity index (χ0v) is 12.2. The van der Waals surface area contributed by atoms with Crippen LogP contribution in [0.1, 0.15) is 30.3 Å². The third-order valence-corrected chi connectivity index (χ3v) is 3.82. The SMILES string of the molecule is CCOC1(C(=O)c2c(Br)cnn2C)CCOCC1. The third kappa shape index (κ3) is 2.37. The topological polar surface area (TPSA) is 53.3 Å².